The highest BCUT2D eigenvalue weighted by Gasteiger charge is 2.16. The van der Waals surface area contributed by atoms with E-state index in [4.69, 9.17) is 5.11 Å². The Kier molecular flexibility index (Phi) is 7.47. The fraction of sp³-hybridized carbons (Fsp3) is 0.263. The van der Waals surface area contributed by atoms with Gasteiger partial charge in [-0.2, -0.15) is 0 Å². The van der Waals surface area contributed by atoms with Gasteiger partial charge in [-0.1, -0.05) is 42.5 Å². The van der Waals surface area contributed by atoms with Gasteiger partial charge in [0.2, 0.25) is 5.91 Å². The van der Waals surface area contributed by atoms with Crippen LogP contribution in [-0.2, 0) is 9.59 Å². The first kappa shape index (κ1) is 19.0. The quantitative estimate of drug-likeness (QED) is 0.662. The Bertz CT molecular complexity index is 709. The molecule has 4 nitrogen and oxygen atoms in total. The minimum absolute atomic E-state index is 0.0240. The summed E-state index contributed by atoms with van der Waals surface area (Å²) in [5.74, 6) is -0.919. The average molecular weight is 361 g/mol. The van der Waals surface area contributed by atoms with Crippen LogP contribution in [-0.4, -0.2) is 22.7 Å². The first-order valence-electron chi connectivity index (χ1n) is 7.99. The number of carboxylic acid groups (broad SMARTS) is 1. The number of amides is 1. The molecule has 0 aromatic heterocycles. The van der Waals surface area contributed by atoms with Gasteiger partial charge in [0.25, 0.3) is 0 Å². The van der Waals surface area contributed by atoms with E-state index >= 15 is 0 Å². The lowest BCUT2D eigenvalue weighted by molar-refractivity contribution is -0.137. The molecule has 0 fully saturated rings. The van der Waals surface area contributed by atoms with E-state index in [1.165, 1.54) is 17.8 Å². The molecule has 6 heteroatoms. The molecule has 0 bridgehead atoms. The summed E-state index contributed by atoms with van der Waals surface area (Å²) in [6, 6.07) is 15.4. The Morgan fingerprint density at radius 1 is 1.04 bits per heavy atom. The Morgan fingerprint density at radius 2 is 1.72 bits per heavy atom. The van der Waals surface area contributed by atoms with E-state index in [-0.39, 0.29) is 30.6 Å². The Morgan fingerprint density at radius 3 is 2.40 bits per heavy atom. The van der Waals surface area contributed by atoms with Gasteiger partial charge in [-0.05, 0) is 24.1 Å². The summed E-state index contributed by atoms with van der Waals surface area (Å²) < 4.78 is 13.5. The van der Waals surface area contributed by atoms with Gasteiger partial charge in [0.05, 0.1) is 6.04 Å². The molecule has 2 aromatic carbocycles. The lowest BCUT2D eigenvalue weighted by Crippen LogP contribution is -2.29. The zero-order valence-electron chi connectivity index (χ0n) is 13.7. The normalized spacial score (nSPS) is 11.7. The summed E-state index contributed by atoms with van der Waals surface area (Å²) in [4.78, 5) is 23.5. The summed E-state index contributed by atoms with van der Waals surface area (Å²) in [6.45, 7) is 0. The van der Waals surface area contributed by atoms with E-state index in [1.807, 2.05) is 30.3 Å². The lowest BCUT2D eigenvalue weighted by Gasteiger charge is -2.18. The van der Waals surface area contributed by atoms with E-state index in [0.29, 0.717) is 17.1 Å². The van der Waals surface area contributed by atoms with E-state index in [2.05, 4.69) is 5.32 Å². The number of rotatable bonds is 9. The van der Waals surface area contributed by atoms with Crippen molar-refractivity contribution in [2.45, 2.75) is 30.2 Å². The second kappa shape index (κ2) is 9.84. The maximum Gasteiger partial charge on any atom is 0.303 e. The molecular weight excluding hydrogens is 341 g/mol. The largest absolute Gasteiger partial charge is 0.481 e. The highest BCUT2D eigenvalue weighted by molar-refractivity contribution is 7.99. The molecule has 0 radical (unpaired) electrons. The van der Waals surface area contributed by atoms with Crippen LogP contribution in [0.1, 0.15) is 30.9 Å². The van der Waals surface area contributed by atoms with Crippen LogP contribution in [0.15, 0.2) is 59.5 Å². The fourth-order valence-corrected chi connectivity index (χ4v) is 3.25. The number of carbonyl (C=O) groups excluding carboxylic acids is 1. The molecular formula is C19H20FNO3S. The number of hydrogen-bond donors (Lipinski definition) is 2. The van der Waals surface area contributed by atoms with Crippen LogP contribution < -0.4 is 5.32 Å². The average Bonchev–Trinajstić information content (AvgIpc) is 2.61. The minimum Gasteiger partial charge on any atom is -0.481 e. The lowest BCUT2D eigenvalue weighted by atomic mass is 10.0. The zero-order chi connectivity index (χ0) is 18.1. The predicted octanol–water partition coefficient (Wildman–Crippen LogP) is 4.03. The molecule has 0 aliphatic rings. The Hall–Kier alpha value is -2.34. The predicted molar refractivity (Wildman–Crippen MR) is 95.9 cm³/mol. The Balaban J connectivity index is 1.88. The molecule has 0 heterocycles. The third-order valence-electron chi connectivity index (χ3n) is 3.61. The van der Waals surface area contributed by atoms with Crippen molar-refractivity contribution in [2.75, 3.05) is 5.75 Å². The standard InChI is InChI=1S/C19H20FNO3S/c20-15-8-4-5-9-17(15)25-13-12-18(22)21-16(10-11-19(23)24)14-6-2-1-3-7-14/h1-9,16H,10-13H2,(H,21,22)(H,23,24). The first-order valence-corrected chi connectivity index (χ1v) is 8.98. The maximum absolute atomic E-state index is 13.5. The molecule has 2 rings (SSSR count). The van der Waals surface area contributed by atoms with Crippen molar-refractivity contribution < 1.29 is 19.1 Å². The zero-order valence-corrected chi connectivity index (χ0v) is 14.5. The van der Waals surface area contributed by atoms with Crippen LogP contribution in [0.5, 0.6) is 0 Å². The third kappa shape index (κ3) is 6.58. The SMILES string of the molecule is O=C(O)CCC(NC(=O)CCSc1ccccc1F)c1ccccc1. The fourth-order valence-electron chi connectivity index (χ4n) is 2.36. The van der Waals surface area contributed by atoms with Gasteiger partial charge in [0, 0.05) is 23.5 Å². The monoisotopic (exact) mass is 361 g/mol. The second-order valence-corrected chi connectivity index (χ2v) is 6.63. The van der Waals surface area contributed by atoms with Gasteiger partial charge < -0.3 is 10.4 Å². The van der Waals surface area contributed by atoms with Crippen molar-refractivity contribution >= 4 is 23.6 Å². The number of nitrogens with one attached hydrogen (secondary N) is 1. The highest BCUT2D eigenvalue weighted by Crippen LogP contribution is 2.22. The van der Waals surface area contributed by atoms with Gasteiger partial charge >= 0.3 is 5.97 Å². The smallest absolute Gasteiger partial charge is 0.303 e. The molecule has 1 unspecified atom stereocenters. The molecule has 2 aromatic rings. The minimum atomic E-state index is -0.898. The van der Waals surface area contributed by atoms with Gasteiger partial charge in [0.1, 0.15) is 5.82 Å². The number of benzene rings is 2. The summed E-state index contributed by atoms with van der Waals surface area (Å²) in [5.41, 5.74) is 0.874. The molecule has 25 heavy (non-hydrogen) atoms. The number of carboxylic acids is 1. The molecule has 1 amide bonds. The van der Waals surface area contributed by atoms with Crippen LogP contribution in [0.3, 0.4) is 0 Å². The number of halogens is 1. The summed E-state index contributed by atoms with van der Waals surface area (Å²) >= 11 is 1.29. The second-order valence-electron chi connectivity index (χ2n) is 5.49. The van der Waals surface area contributed by atoms with E-state index in [9.17, 15) is 14.0 Å². The molecule has 2 N–H and O–H groups in total. The number of hydrogen-bond acceptors (Lipinski definition) is 3. The van der Waals surface area contributed by atoms with Gasteiger partial charge in [0.15, 0.2) is 0 Å². The van der Waals surface area contributed by atoms with Crippen molar-refractivity contribution in [2.24, 2.45) is 0 Å². The summed E-state index contributed by atoms with van der Waals surface area (Å²) in [6.07, 6.45) is 0.533. The van der Waals surface area contributed by atoms with Crippen molar-refractivity contribution in [1.82, 2.24) is 5.32 Å². The maximum atomic E-state index is 13.5. The molecule has 0 aliphatic carbocycles. The number of aliphatic carboxylic acids is 1. The van der Waals surface area contributed by atoms with Crippen LogP contribution in [0.4, 0.5) is 4.39 Å². The van der Waals surface area contributed by atoms with Gasteiger partial charge in [-0.25, -0.2) is 4.39 Å². The van der Waals surface area contributed by atoms with Crippen molar-refractivity contribution in [3.05, 3.63) is 66.0 Å². The van der Waals surface area contributed by atoms with Crippen molar-refractivity contribution in [1.29, 1.82) is 0 Å². The summed E-state index contributed by atoms with van der Waals surface area (Å²) in [5, 5.41) is 11.8. The van der Waals surface area contributed by atoms with Crippen LogP contribution in [0.25, 0.3) is 0 Å². The van der Waals surface area contributed by atoms with Crippen LogP contribution in [0, 0.1) is 5.82 Å². The molecule has 0 saturated carbocycles. The number of thioether (sulfide) groups is 1. The van der Waals surface area contributed by atoms with E-state index < -0.39 is 5.97 Å². The van der Waals surface area contributed by atoms with Crippen molar-refractivity contribution in [3.63, 3.8) is 0 Å². The van der Waals surface area contributed by atoms with Crippen LogP contribution in [0.2, 0.25) is 0 Å². The van der Waals surface area contributed by atoms with Gasteiger partial charge in [-0.3, -0.25) is 9.59 Å². The highest BCUT2D eigenvalue weighted by atomic mass is 32.2. The molecule has 1 atom stereocenters. The van der Waals surface area contributed by atoms with E-state index in [0.717, 1.165) is 5.56 Å². The molecule has 0 saturated heterocycles. The topological polar surface area (TPSA) is 66.4 Å². The molecule has 132 valence electrons. The number of carbonyl (C=O) groups is 2. The van der Waals surface area contributed by atoms with E-state index in [1.54, 1.807) is 18.2 Å². The van der Waals surface area contributed by atoms with Crippen molar-refractivity contribution in [3.8, 4) is 0 Å². The summed E-state index contributed by atoms with van der Waals surface area (Å²) in [7, 11) is 0. The van der Waals surface area contributed by atoms with Crippen LogP contribution >= 0.6 is 11.8 Å². The first-order chi connectivity index (χ1) is 12.1. The van der Waals surface area contributed by atoms with Gasteiger partial charge in [-0.15, -0.1) is 11.8 Å². The Labute approximate surface area is 150 Å². The molecule has 0 aliphatic heterocycles. The third-order valence-corrected chi connectivity index (χ3v) is 4.66. The molecule has 0 spiro atoms.